The van der Waals surface area contributed by atoms with Crippen molar-refractivity contribution in [1.82, 2.24) is 19.5 Å². The standard InChI is InChI=1S/C21H14F3N5O2S/c1-29-18(21(22,23)24)12(9-25-29)16-15-11(19(30)27-16)6-4-7-13(15)26-20(31)17-10-5-2-3-8-14(10)32-28-17/h2-9,16H,1H3,(H,26,31)(H,27,30). The first-order valence-corrected chi connectivity index (χ1v) is 10.2. The van der Waals surface area contributed by atoms with Crippen LogP contribution in [-0.2, 0) is 13.2 Å². The van der Waals surface area contributed by atoms with E-state index in [4.69, 9.17) is 0 Å². The fraction of sp³-hybridized carbons (Fsp3) is 0.143. The van der Waals surface area contributed by atoms with E-state index in [-0.39, 0.29) is 28.1 Å². The molecule has 0 fully saturated rings. The molecule has 2 aromatic carbocycles. The predicted molar refractivity (Wildman–Crippen MR) is 112 cm³/mol. The summed E-state index contributed by atoms with van der Waals surface area (Å²) in [5, 5.41) is 9.72. The zero-order chi connectivity index (χ0) is 22.6. The normalized spacial score (nSPS) is 15.6. The van der Waals surface area contributed by atoms with Gasteiger partial charge in [-0.15, -0.1) is 0 Å². The second-order valence-corrected chi connectivity index (χ2v) is 8.03. The molecule has 1 aliphatic heterocycles. The number of hydrogen-bond donors (Lipinski definition) is 2. The fourth-order valence-electron chi connectivity index (χ4n) is 3.94. The molecule has 162 valence electrons. The zero-order valence-electron chi connectivity index (χ0n) is 16.4. The zero-order valence-corrected chi connectivity index (χ0v) is 17.2. The van der Waals surface area contributed by atoms with Crippen molar-refractivity contribution in [2.75, 3.05) is 5.32 Å². The van der Waals surface area contributed by atoms with Gasteiger partial charge < -0.3 is 10.6 Å². The van der Waals surface area contributed by atoms with E-state index < -0.39 is 29.7 Å². The summed E-state index contributed by atoms with van der Waals surface area (Å²) in [5.41, 5.74) is -0.300. The van der Waals surface area contributed by atoms with Gasteiger partial charge in [0.25, 0.3) is 11.8 Å². The third kappa shape index (κ3) is 3.12. The number of aromatic nitrogens is 3. The van der Waals surface area contributed by atoms with E-state index in [1.807, 2.05) is 12.1 Å². The van der Waals surface area contributed by atoms with Crippen LogP contribution in [0.4, 0.5) is 18.9 Å². The Bertz CT molecular complexity index is 1390. The molecule has 7 nitrogen and oxygen atoms in total. The highest BCUT2D eigenvalue weighted by Gasteiger charge is 2.43. The van der Waals surface area contributed by atoms with Crippen LogP contribution in [0.5, 0.6) is 0 Å². The summed E-state index contributed by atoms with van der Waals surface area (Å²) in [4.78, 5) is 25.5. The van der Waals surface area contributed by atoms with Crippen molar-refractivity contribution in [3.8, 4) is 0 Å². The molecule has 2 amide bonds. The number of aryl methyl sites for hydroxylation is 1. The summed E-state index contributed by atoms with van der Waals surface area (Å²) >= 11 is 1.17. The Kier molecular flexibility index (Phi) is 4.52. The maximum atomic E-state index is 13.7. The molecule has 1 aliphatic rings. The lowest BCUT2D eigenvalue weighted by Crippen LogP contribution is -2.24. The summed E-state index contributed by atoms with van der Waals surface area (Å²) < 4.78 is 46.8. The SMILES string of the molecule is Cn1ncc(C2NC(=O)c3cccc(NC(=O)c4nsc5ccccc45)c32)c1C(F)(F)F. The molecule has 32 heavy (non-hydrogen) atoms. The highest BCUT2D eigenvalue weighted by molar-refractivity contribution is 7.13. The maximum absolute atomic E-state index is 13.7. The Hall–Kier alpha value is -3.73. The van der Waals surface area contributed by atoms with Gasteiger partial charge in [-0.05, 0) is 29.7 Å². The van der Waals surface area contributed by atoms with E-state index in [9.17, 15) is 22.8 Å². The van der Waals surface area contributed by atoms with E-state index in [1.54, 1.807) is 24.3 Å². The van der Waals surface area contributed by atoms with Gasteiger partial charge in [0, 0.05) is 34.8 Å². The first-order chi connectivity index (χ1) is 15.3. The Morgan fingerprint density at radius 2 is 1.97 bits per heavy atom. The van der Waals surface area contributed by atoms with Crippen molar-refractivity contribution < 1.29 is 22.8 Å². The Morgan fingerprint density at radius 3 is 2.75 bits per heavy atom. The molecule has 0 spiro atoms. The van der Waals surface area contributed by atoms with Gasteiger partial charge in [-0.3, -0.25) is 14.3 Å². The van der Waals surface area contributed by atoms with Crippen LogP contribution in [0.2, 0.25) is 0 Å². The number of carbonyl (C=O) groups is 2. The summed E-state index contributed by atoms with van der Waals surface area (Å²) in [6, 6.07) is 10.7. The third-order valence-corrected chi connectivity index (χ3v) is 6.13. The first-order valence-electron chi connectivity index (χ1n) is 9.44. The minimum atomic E-state index is -4.67. The molecule has 0 bridgehead atoms. The minimum absolute atomic E-state index is 0.188. The molecular formula is C21H14F3N5O2S. The predicted octanol–water partition coefficient (Wildman–Crippen LogP) is 4.13. The lowest BCUT2D eigenvalue weighted by atomic mass is 9.96. The first kappa shape index (κ1) is 20.2. The molecule has 4 aromatic rings. The molecule has 3 heterocycles. The number of benzene rings is 2. The maximum Gasteiger partial charge on any atom is 0.433 e. The summed E-state index contributed by atoms with van der Waals surface area (Å²) in [6.45, 7) is 0. The number of anilines is 1. The molecule has 1 atom stereocenters. The van der Waals surface area contributed by atoms with Gasteiger partial charge in [0.05, 0.1) is 16.9 Å². The third-order valence-electron chi connectivity index (χ3n) is 5.30. The van der Waals surface area contributed by atoms with Gasteiger partial charge in [-0.1, -0.05) is 24.3 Å². The van der Waals surface area contributed by atoms with Crippen LogP contribution in [0.3, 0.4) is 0 Å². The quantitative estimate of drug-likeness (QED) is 0.484. The Morgan fingerprint density at radius 1 is 1.19 bits per heavy atom. The van der Waals surface area contributed by atoms with Gasteiger partial charge >= 0.3 is 6.18 Å². The smallest absolute Gasteiger partial charge is 0.341 e. The van der Waals surface area contributed by atoms with Gasteiger partial charge in [0.1, 0.15) is 11.4 Å². The van der Waals surface area contributed by atoms with Crippen molar-refractivity contribution in [3.05, 3.63) is 76.7 Å². The number of halogens is 3. The summed E-state index contributed by atoms with van der Waals surface area (Å²) in [6.07, 6.45) is -3.60. The van der Waals surface area contributed by atoms with Crippen molar-refractivity contribution >= 4 is 39.1 Å². The Balaban J connectivity index is 1.58. The molecule has 2 aromatic heterocycles. The highest BCUT2D eigenvalue weighted by Crippen LogP contribution is 2.42. The molecule has 0 radical (unpaired) electrons. The lowest BCUT2D eigenvalue weighted by molar-refractivity contribution is -0.144. The van der Waals surface area contributed by atoms with Crippen LogP contribution in [0.1, 0.15) is 43.7 Å². The van der Waals surface area contributed by atoms with Gasteiger partial charge in [0.15, 0.2) is 0 Å². The molecule has 1 unspecified atom stereocenters. The molecule has 0 aliphatic carbocycles. The van der Waals surface area contributed by atoms with Crippen LogP contribution in [0.25, 0.3) is 10.1 Å². The van der Waals surface area contributed by atoms with E-state index in [2.05, 4.69) is 20.1 Å². The average Bonchev–Trinajstić information content (AvgIpc) is 3.43. The molecule has 5 rings (SSSR count). The van der Waals surface area contributed by atoms with E-state index in [1.165, 1.54) is 24.6 Å². The largest absolute Gasteiger partial charge is 0.433 e. The Labute approximate surface area is 183 Å². The molecule has 2 N–H and O–H groups in total. The number of carbonyl (C=O) groups excluding carboxylic acids is 2. The lowest BCUT2D eigenvalue weighted by Gasteiger charge is -2.18. The topological polar surface area (TPSA) is 88.9 Å². The van der Waals surface area contributed by atoms with Crippen molar-refractivity contribution in [1.29, 1.82) is 0 Å². The number of amides is 2. The van der Waals surface area contributed by atoms with Crippen LogP contribution in [0, 0.1) is 0 Å². The number of rotatable bonds is 3. The number of alkyl halides is 3. The second-order valence-electron chi connectivity index (χ2n) is 7.22. The number of fused-ring (bicyclic) bond motifs is 2. The van der Waals surface area contributed by atoms with Crippen LogP contribution in [0.15, 0.2) is 48.7 Å². The van der Waals surface area contributed by atoms with Gasteiger partial charge in [0.2, 0.25) is 0 Å². The number of hydrogen-bond acceptors (Lipinski definition) is 5. The molecule has 0 saturated carbocycles. The van der Waals surface area contributed by atoms with E-state index in [0.717, 1.165) is 15.6 Å². The van der Waals surface area contributed by atoms with Gasteiger partial charge in [-0.25, -0.2) is 0 Å². The molecular weight excluding hydrogens is 443 g/mol. The fourth-order valence-corrected chi connectivity index (χ4v) is 4.71. The monoisotopic (exact) mass is 457 g/mol. The van der Waals surface area contributed by atoms with Crippen LogP contribution < -0.4 is 10.6 Å². The number of nitrogens with zero attached hydrogens (tertiary/aromatic N) is 3. The van der Waals surface area contributed by atoms with Crippen molar-refractivity contribution in [2.45, 2.75) is 12.2 Å². The second kappa shape index (κ2) is 7.16. The van der Waals surface area contributed by atoms with Gasteiger partial charge in [-0.2, -0.15) is 22.6 Å². The minimum Gasteiger partial charge on any atom is -0.341 e. The molecule has 11 heteroatoms. The van der Waals surface area contributed by atoms with Crippen LogP contribution >= 0.6 is 11.5 Å². The summed E-state index contributed by atoms with van der Waals surface area (Å²) in [7, 11) is 1.19. The highest BCUT2D eigenvalue weighted by atomic mass is 32.1. The molecule has 0 saturated heterocycles. The average molecular weight is 457 g/mol. The van der Waals surface area contributed by atoms with Crippen molar-refractivity contribution in [2.24, 2.45) is 7.05 Å². The van der Waals surface area contributed by atoms with E-state index in [0.29, 0.717) is 5.39 Å². The van der Waals surface area contributed by atoms with Crippen LogP contribution in [-0.4, -0.2) is 26.0 Å². The van der Waals surface area contributed by atoms with E-state index >= 15 is 0 Å². The van der Waals surface area contributed by atoms with Crippen molar-refractivity contribution in [3.63, 3.8) is 0 Å². The number of nitrogens with one attached hydrogen (secondary N) is 2. The summed E-state index contributed by atoms with van der Waals surface area (Å²) in [5.74, 6) is -1.05.